The third-order valence-corrected chi connectivity index (χ3v) is 3.90. The molecule has 0 spiro atoms. The molecule has 6 heteroatoms. The second-order valence-corrected chi connectivity index (χ2v) is 5.45. The van der Waals surface area contributed by atoms with Crippen molar-refractivity contribution in [2.24, 2.45) is 0 Å². The summed E-state index contributed by atoms with van der Waals surface area (Å²) in [5, 5.41) is 0.123. The molecule has 0 aliphatic carbocycles. The fourth-order valence-electron chi connectivity index (χ4n) is 2.67. The first-order chi connectivity index (χ1) is 10.2. The first-order valence-electron chi connectivity index (χ1n) is 6.90. The van der Waals surface area contributed by atoms with Gasteiger partial charge in [0.25, 0.3) is 0 Å². The molecule has 0 saturated carbocycles. The van der Waals surface area contributed by atoms with Crippen LogP contribution in [0.2, 0.25) is 0 Å². The van der Waals surface area contributed by atoms with Crippen molar-refractivity contribution < 1.29 is 23.7 Å². The molecule has 2 fully saturated rings. The zero-order chi connectivity index (χ0) is 14.8. The smallest absolute Gasteiger partial charge is 0.353 e. The molecule has 0 N–H and O–H groups in total. The molecule has 0 aromatic heterocycles. The van der Waals surface area contributed by atoms with Crippen LogP contribution < -0.4 is 0 Å². The summed E-state index contributed by atoms with van der Waals surface area (Å²) in [5.41, 5.74) is 1.09. The van der Waals surface area contributed by atoms with E-state index in [0.717, 1.165) is 5.56 Å². The fourth-order valence-corrected chi connectivity index (χ4v) is 2.89. The van der Waals surface area contributed by atoms with Gasteiger partial charge in [-0.25, -0.2) is 0 Å². The SMILES string of the molecule is CO[C@H]1O[C@H](C)[C@@H](OCc2ccccc2)[C@@H]2OC(=S)O[C@H]12. The molecule has 1 aromatic carbocycles. The molecule has 2 heterocycles. The van der Waals surface area contributed by atoms with Gasteiger partial charge in [0.15, 0.2) is 18.5 Å². The summed E-state index contributed by atoms with van der Waals surface area (Å²) in [7, 11) is 1.57. The van der Waals surface area contributed by atoms with E-state index in [1.54, 1.807) is 7.11 Å². The van der Waals surface area contributed by atoms with Crippen LogP contribution in [0.3, 0.4) is 0 Å². The van der Waals surface area contributed by atoms with Gasteiger partial charge in [-0.3, -0.25) is 0 Å². The lowest BCUT2D eigenvalue weighted by atomic mass is 9.99. The maximum atomic E-state index is 5.99. The van der Waals surface area contributed by atoms with Crippen molar-refractivity contribution in [3.8, 4) is 0 Å². The zero-order valence-corrected chi connectivity index (χ0v) is 12.7. The lowest BCUT2D eigenvalue weighted by Gasteiger charge is -2.39. The summed E-state index contributed by atoms with van der Waals surface area (Å²) >= 11 is 4.99. The van der Waals surface area contributed by atoms with Crippen LogP contribution in [0.5, 0.6) is 0 Å². The van der Waals surface area contributed by atoms with Crippen LogP contribution in [-0.4, -0.2) is 43.1 Å². The molecule has 2 saturated heterocycles. The molecule has 114 valence electrons. The fraction of sp³-hybridized carbons (Fsp3) is 0.533. The van der Waals surface area contributed by atoms with Gasteiger partial charge in [0.2, 0.25) is 0 Å². The Kier molecular flexibility index (Phi) is 4.40. The molecule has 5 nitrogen and oxygen atoms in total. The minimum absolute atomic E-state index is 0.123. The lowest BCUT2D eigenvalue weighted by Crippen LogP contribution is -2.56. The minimum Gasteiger partial charge on any atom is -0.446 e. The molecule has 2 aliphatic heterocycles. The normalized spacial score (nSPS) is 35.0. The van der Waals surface area contributed by atoms with Crippen molar-refractivity contribution >= 4 is 17.5 Å². The summed E-state index contributed by atoms with van der Waals surface area (Å²) in [5.74, 6) is 0. The van der Waals surface area contributed by atoms with E-state index in [9.17, 15) is 0 Å². The first-order valence-corrected chi connectivity index (χ1v) is 7.31. The highest BCUT2D eigenvalue weighted by atomic mass is 32.1. The second-order valence-electron chi connectivity index (χ2n) is 5.12. The van der Waals surface area contributed by atoms with E-state index >= 15 is 0 Å². The molecule has 0 bridgehead atoms. The summed E-state index contributed by atoms with van der Waals surface area (Å²) in [6.07, 6.45) is -1.64. The summed E-state index contributed by atoms with van der Waals surface area (Å²) < 4.78 is 28.1. The Morgan fingerprint density at radius 3 is 2.57 bits per heavy atom. The number of hydrogen-bond acceptors (Lipinski definition) is 6. The average molecular weight is 310 g/mol. The number of methoxy groups -OCH3 is 1. The van der Waals surface area contributed by atoms with E-state index in [0.29, 0.717) is 6.61 Å². The van der Waals surface area contributed by atoms with E-state index in [1.165, 1.54) is 0 Å². The van der Waals surface area contributed by atoms with Gasteiger partial charge in [-0.15, -0.1) is 0 Å². The molecule has 3 rings (SSSR count). The molecule has 0 unspecified atom stereocenters. The number of hydrogen-bond donors (Lipinski definition) is 0. The van der Waals surface area contributed by atoms with Crippen LogP contribution in [0.15, 0.2) is 30.3 Å². The maximum Gasteiger partial charge on any atom is 0.353 e. The zero-order valence-electron chi connectivity index (χ0n) is 11.9. The van der Waals surface area contributed by atoms with Gasteiger partial charge in [0.05, 0.1) is 12.7 Å². The largest absolute Gasteiger partial charge is 0.446 e. The van der Waals surface area contributed by atoms with Crippen LogP contribution >= 0.6 is 12.2 Å². The topological polar surface area (TPSA) is 46.2 Å². The monoisotopic (exact) mass is 310 g/mol. The van der Waals surface area contributed by atoms with Gasteiger partial charge in [0.1, 0.15) is 6.10 Å². The summed E-state index contributed by atoms with van der Waals surface area (Å²) in [6, 6.07) is 9.96. The van der Waals surface area contributed by atoms with Gasteiger partial charge in [0, 0.05) is 19.3 Å². The minimum atomic E-state index is -0.498. The molecule has 1 aromatic rings. The Morgan fingerprint density at radius 2 is 1.86 bits per heavy atom. The van der Waals surface area contributed by atoms with Gasteiger partial charge in [-0.2, -0.15) is 0 Å². The molecule has 0 radical (unpaired) electrons. The highest BCUT2D eigenvalue weighted by molar-refractivity contribution is 7.79. The number of benzene rings is 1. The molecule has 21 heavy (non-hydrogen) atoms. The van der Waals surface area contributed by atoms with Crippen molar-refractivity contribution in [1.82, 2.24) is 0 Å². The van der Waals surface area contributed by atoms with Crippen molar-refractivity contribution in [2.75, 3.05) is 7.11 Å². The average Bonchev–Trinajstić information content (AvgIpc) is 2.88. The third-order valence-electron chi connectivity index (χ3n) is 3.71. The number of ether oxygens (including phenoxy) is 5. The third kappa shape index (κ3) is 3.03. The lowest BCUT2D eigenvalue weighted by molar-refractivity contribution is -0.270. The molecular formula is C15H18O5S. The number of thiocarbonyl (C=S) groups is 1. The van der Waals surface area contributed by atoms with Gasteiger partial charge in [-0.05, 0) is 12.5 Å². The van der Waals surface area contributed by atoms with E-state index in [4.69, 9.17) is 35.9 Å². The predicted octanol–water partition coefficient (Wildman–Crippen LogP) is 2.03. The molecular weight excluding hydrogens is 292 g/mol. The van der Waals surface area contributed by atoms with E-state index in [1.807, 2.05) is 37.3 Å². The van der Waals surface area contributed by atoms with Crippen LogP contribution in [0.25, 0.3) is 0 Å². The maximum absolute atomic E-state index is 5.99. The van der Waals surface area contributed by atoms with Crippen LogP contribution in [0.4, 0.5) is 0 Å². The van der Waals surface area contributed by atoms with E-state index < -0.39 is 6.29 Å². The second kappa shape index (κ2) is 6.27. The van der Waals surface area contributed by atoms with E-state index in [-0.39, 0.29) is 29.7 Å². The first kappa shape index (κ1) is 14.7. The van der Waals surface area contributed by atoms with Crippen LogP contribution in [0, 0.1) is 0 Å². The van der Waals surface area contributed by atoms with Gasteiger partial charge < -0.3 is 23.7 Å². The van der Waals surface area contributed by atoms with Crippen LogP contribution in [-0.2, 0) is 30.3 Å². The van der Waals surface area contributed by atoms with Gasteiger partial charge >= 0.3 is 5.24 Å². The van der Waals surface area contributed by atoms with Crippen LogP contribution in [0.1, 0.15) is 12.5 Å². The highest BCUT2D eigenvalue weighted by Gasteiger charge is 2.52. The number of rotatable bonds is 4. The Bertz CT molecular complexity index is 494. The van der Waals surface area contributed by atoms with Crippen molar-refractivity contribution in [3.63, 3.8) is 0 Å². The van der Waals surface area contributed by atoms with Crippen molar-refractivity contribution in [1.29, 1.82) is 0 Å². The molecule has 2 aliphatic rings. The summed E-state index contributed by atoms with van der Waals surface area (Å²) in [6.45, 7) is 2.42. The Balaban J connectivity index is 1.70. The van der Waals surface area contributed by atoms with Crippen molar-refractivity contribution in [2.45, 2.75) is 44.2 Å². The molecule has 0 amide bonds. The Labute approximate surface area is 129 Å². The highest BCUT2D eigenvalue weighted by Crippen LogP contribution is 2.33. The van der Waals surface area contributed by atoms with Gasteiger partial charge in [-0.1, -0.05) is 30.3 Å². The van der Waals surface area contributed by atoms with E-state index in [2.05, 4.69) is 0 Å². The Morgan fingerprint density at radius 1 is 1.14 bits per heavy atom. The summed E-state index contributed by atoms with van der Waals surface area (Å²) in [4.78, 5) is 0. The quantitative estimate of drug-likeness (QED) is 0.793. The standard InChI is InChI=1S/C15H18O5S/c1-9-11(17-8-10-6-4-3-5-7-10)12-13(14(16-2)18-9)20-15(21)19-12/h3-7,9,11-14H,8H2,1-2H3/t9-,11-,12+,13+,14+/m1/s1. The number of fused-ring (bicyclic) bond motifs is 1. The van der Waals surface area contributed by atoms with Crippen molar-refractivity contribution in [3.05, 3.63) is 35.9 Å². The predicted molar refractivity (Wildman–Crippen MR) is 78.7 cm³/mol. The Hall–Kier alpha value is -1.21. The molecule has 5 atom stereocenters.